The molecule has 116 valence electrons. The molecule has 0 radical (unpaired) electrons. The van der Waals surface area contributed by atoms with Gasteiger partial charge < -0.3 is 14.6 Å². The van der Waals surface area contributed by atoms with Crippen LogP contribution in [-0.2, 0) is 14.8 Å². The predicted octanol–water partition coefficient (Wildman–Crippen LogP) is 0.910. The van der Waals surface area contributed by atoms with E-state index in [4.69, 9.17) is 14.6 Å². The highest BCUT2D eigenvalue weighted by atomic mass is 32.2. The smallest absolute Gasteiger partial charge is 0.242 e. The van der Waals surface area contributed by atoms with Crippen molar-refractivity contribution in [1.29, 1.82) is 0 Å². The summed E-state index contributed by atoms with van der Waals surface area (Å²) in [6.07, 6.45) is -0.125. The summed E-state index contributed by atoms with van der Waals surface area (Å²) >= 11 is 0. The Hall–Kier alpha value is -1.15. The quantitative estimate of drug-likeness (QED) is 0.836. The van der Waals surface area contributed by atoms with E-state index in [-0.39, 0.29) is 30.3 Å². The molecule has 1 N–H and O–H groups in total. The van der Waals surface area contributed by atoms with Gasteiger partial charge in [0, 0.05) is 19.2 Å². The minimum Gasteiger partial charge on any atom is -0.485 e. The lowest BCUT2D eigenvalue weighted by atomic mass is 9.94. The Morgan fingerprint density at radius 1 is 1.38 bits per heavy atom. The Morgan fingerprint density at radius 2 is 2.10 bits per heavy atom. The van der Waals surface area contributed by atoms with Crippen molar-refractivity contribution >= 4 is 10.0 Å². The third-order valence-electron chi connectivity index (χ3n) is 3.96. The van der Waals surface area contributed by atoms with Gasteiger partial charge in [0.1, 0.15) is 23.6 Å². The van der Waals surface area contributed by atoms with Gasteiger partial charge in [0.2, 0.25) is 10.0 Å². The van der Waals surface area contributed by atoms with E-state index in [0.717, 1.165) is 9.87 Å². The zero-order valence-corrected chi connectivity index (χ0v) is 13.1. The molecule has 0 unspecified atom stereocenters. The molecular weight excluding hydrogens is 294 g/mol. The van der Waals surface area contributed by atoms with Crippen molar-refractivity contribution in [3.63, 3.8) is 0 Å². The molecule has 0 spiro atoms. The molecule has 21 heavy (non-hydrogen) atoms. The largest absolute Gasteiger partial charge is 0.485 e. The fraction of sp³-hybridized carbons (Fsp3) is 0.571. The van der Waals surface area contributed by atoms with E-state index in [1.165, 1.54) is 13.1 Å². The maximum Gasteiger partial charge on any atom is 0.242 e. The average molecular weight is 313 g/mol. The molecule has 1 fully saturated rings. The summed E-state index contributed by atoms with van der Waals surface area (Å²) in [6.45, 7) is 3.76. The third kappa shape index (κ3) is 2.34. The van der Waals surface area contributed by atoms with Crippen LogP contribution in [0.5, 0.6) is 5.75 Å². The number of rotatable bonds is 4. The van der Waals surface area contributed by atoms with Gasteiger partial charge in [-0.3, -0.25) is 0 Å². The molecule has 0 bridgehead atoms. The summed E-state index contributed by atoms with van der Waals surface area (Å²) in [7, 11) is -2.16. The summed E-state index contributed by atoms with van der Waals surface area (Å²) in [6, 6.07) is 4.81. The van der Waals surface area contributed by atoms with Gasteiger partial charge in [0.25, 0.3) is 0 Å². The van der Waals surface area contributed by atoms with E-state index >= 15 is 0 Å². The lowest BCUT2D eigenvalue weighted by molar-refractivity contribution is 0.0724. The number of hydrogen-bond donors (Lipinski definition) is 1. The summed E-state index contributed by atoms with van der Waals surface area (Å²) < 4.78 is 37.4. The minimum atomic E-state index is -3.61. The van der Waals surface area contributed by atoms with Crippen molar-refractivity contribution < 1.29 is 23.0 Å². The first-order valence-corrected chi connectivity index (χ1v) is 8.27. The van der Waals surface area contributed by atoms with E-state index in [0.29, 0.717) is 5.75 Å². The van der Waals surface area contributed by atoms with Crippen molar-refractivity contribution in [2.45, 2.75) is 36.6 Å². The number of epoxide rings is 1. The molecule has 1 saturated heterocycles. The van der Waals surface area contributed by atoms with Gasteiger partial charge in [-0.05, 0) is 32.0 Å². The van der Waals surface area contributed by atoms with Gasteiger partial charge in [0.15, 0.2) is 0 Å². The molecule has 2 atom stereocenters. The van der Waals surface area contributed by atoms with Crippen molar-refractivity contribution in [3.8, 4) is 5.75 Å². The highest BCUT2D eigenvalue weighted by Crippen LogP contribution is 2.54. The lowest BCUT2D eigenvalue weighted by Crippen LogP contribution is -2.38. The molecule has 6 nitrogen and oxygen atoms in total. The highest BCUT2D eigenvalue weighted by Gasteiger charge is 2.56. The van der Waals surface area contributed by atoms with Gasteiger partial charge in [-0.15, -0.1) is 0 Å². The summed E-state index contributed by atoms with van der Waals surface area (Å²) in [5, 5.41) is 8.90. The molecule has 7 heteroatoms. The van der Waals surface area contributed by atoms with Gasteiger partial charge in [-0.1, -0.05) is 0 Å². The molecule has 2 aliphatic rings. The molecule has 0 amide bonds. The number of hydrogen-bond acceptors (Lipinski definition) is 5. The van der Waals surface area contributed by atoms with Crippen molar-refractivity contribution in [2.24, 2.45) is 0 Å². The summed E-state index contributed by atoms with van der Waals surface area (Å²) in [5.41, 5.74) is 0.379. The van der Waals surface area contributed by atoms with E-state index < -0.39 is 15.6 Å². The van der Waals surface area contributed by atoms with Crippen molar-refractivity contribution in [2.75, 3.05) is 20.2 Å². The Labute approximate surface area is 124 Å². The Balaban J connectivity index is 1.97. The average Bonchev–Trinajstić information content (AvgIpc) is 3.19. The monoisotopic (exact) mass is 313 g/mol. The van der Waals surface area contributed by atoms with E-state index in [9.17, 15) is 8.42 Å². The minimum absolute atomic E-state index is 0.0295. The second-order valence-electron chi connectivity index (χ2n) is 5.93. The van der Waals surface area contributed by atoms with Crippen molar-refractivity contribution in [1.82, 2.24) is 4.31 Å². The molecule has 0 saturated carbocycles. The SMILES string of the molecule is CN(CCO)S(=O)(=O)c1ccc2c(c1)[C@@H]1O[C@@H]1C(C)(C)O2. The first-order chi connectivity index (χ1) is 9.77. The number of aliphatic hydroxyl groups is 1. The maximum absolute atomic E-state index is 12.4. The fourth-order valence-electron chi connectivity index (χ4n) is 2.66. The topological polar surface area (TPSA) is 79.4 Å². The molecule has 1 aromatic carbocycles. The van der Waals surface area contributed by atoms with Crippen LogP contribution in [0.2, 0.25) is 0 Å². The predicted molar refractivity (Wildman–Crippen MR) is 75.7 cm³/mol. The van der Waals surface area contributed by atoms with E-state index in [1.54, 1.807) is 12.1 Å². The Bertz CT molecular complexity index is 670. The van der Waals surface area contributed by atoms with E-state index in [2.05, 4.69) is 0 Å². The Morgan fingerprint density at radius 3 is 2.76 bits per heavy atom. The molecule has 2 aliphatic heterocycles. The zero-order chi connectivity index (χ0) is 15.4. The number of benzene rings is 1. The highest BCUT2D eigenvalue weighted by molar-refractivity contribution is 7.89. The lowest BCUT2D eigenvalue weighted by Gasteiger charge is -2.29. The zero-order valence-electron chi connectivity index (χ0n) is 12.2. The fourth-order valence-corrected chi connectivity index (χ4v) is 3.86. The van der Waals surface area contributed by atoms with Gasteiger partial charge in [-0.2, -0.15) is 4.31 Å². The first-order valence-electron chi connectivity index (χ1n) is 6.83. The van der Waals surface area contributed by atoms with Crippen LogP contribution in [0.1, 0.15) is 25.5 Å². The van der Waals surface area contributed by atoms with Crippen molar-refractivity contribution in [3.05, 3.63) is 23.8 Å². The number of nitrogens with zero attached hydrogens (tertiary/aromatic N) is 1. The summed E-state index contributed by atoms with van der Waals surface area (Å²) in [5.74, 6) is 0.669. The van der Waals surface area contributed by atoms with E-state index in [1.807, 2.05) is 13.8 Å². The second-order valence-corrected chi connectivity index (χ2v) is 7.98. The maximum atomic E-state index is 12.4. The van der Waals surface area contributed by atoms with Crippen LogP contribution in [-0.4, -0.2) is 49.7 Å². The number of aliphatic hydroxyl groups excluding tert-OH is 1. The summed E-state index contributed by atoms with van der Waals surface area (Å²) in [4.78, 5) is 0.190. The number of likely N-dealkylation sites (N-methyl/N-ethyl adjacent to an activating group) is 1. The van der Waals surface area contributed by atoms with Crippen LogP contribution in [0.25, 0.3) is 0 Å². The van der Waals surface area contributed by atoms with Crippen LogP contribution in [0.4, 0.5) is 0 Å². The molecular formula is C14H19NO5S. The molecule has 0 aromatic heterocycles. The van der Waals surface area contributed by atoms with Crippen LogP contribution in [0.3, 0.4) is 0 Å². The second kappa shape index (κ2) is 4.67. The first kappa shape index (κ1) is 14.8. The molecule has 2 heterocycles. The van der Waals surface area contributed by atoms with Crippen LogP contribution < -0.4 is 4.74 Å². The molecule has 3 rings (SSSR count). The van der Waals surface area contributed by atoms with Gasteiger partial charge in [-0.25, -0.2) is 8.42 Å². The van der Waals surface area contributed by atoms with Crippen LogP contribution in [0, 0.1) is 0 Å². The number of ether oxygens (including phenoxy) is 2. The Kier molecular flexibility index (Phi) is 3.29. The van der Waals surface area contributed by atoms with Crippen LogP contribution in [0.15, 0.2) is 23.1 Å². The normalized spacial score (nSPS) is 26.0. The number of sulfonamides is 1. The molecule has 1 aromatic rings. The van der Waals surface area contributed by atoms with Gasteiger partial charge >= 0.3 is 0 Å². The molecule has 0 aliphatic carbocycles. The third-order valence-corrected chi connectivity index (χ3v) is 5.81. The number of fused-ring (bicyclic) bond motifs is 3. The van der Waals surface area contributed by atoms with Crippen LogP contribution >= 0.6 is 0 Å². The standard InChI is InChI=1S/C14H19NO5S/c1-14(2)13-12(19-13)10-8-9(4-5-11(10)20-14)21(17,18)15(3)6-7-16/h4-5,8,12-13,16H,6-7H2,1-3H3/t12-,13-/m0/s1. The van der Waals surface area contributed by atoms with Gasteiger partial charge in [0.05, 0.1) is 11.5 Å².